The maximum absolute atomic E-state index is 13.0. The first-order valence-corrected chi connectivity index (χ1v) is 11.6. The molecule has 1 N–H and O–H groups in total. The molecule has 0 bridgehead atoms. The van der Waals surface area contributed by atoms with Crippen LogP contribution in [0.3, 0.4) is 0 Å². The summed E-state index contributed by atoms with van der Waals surface area (Å²) in [5.41, 5.74) is 4.79. The predicted octanol–water partition coefficient (Wildman–Crippen LogP) is 6.19. The first-order chi connectivity index (χ1) is 17.4. The predicted molar refractivity (Wildman–Crippen MR) is 139 cm³/mol. The molecule has 0 radical (unpaired) electrons. The molecular weight excluding hydrogens is 456 g/mol. The van der Waals surface area contributed by atoms with Crippen molar-refractivity contribution in [2.24, 2.45) is 0 Å². The second-order valence-electron chi connectivity index (χ2n) is 8.64. The average molecular weight is 483 g/mol. The zero-order valence-electron chi connectivity index (χ0n) is 20.5. The Hall–Kier alpha value is -4.52. The highest BCUT2D eigenvalue weighted by Crippen LogP contribution is 2.36. The van der Waals surface area contributed by atoms with Gasteiger partial charge in [0.1, 0.15) is 16.9 Å². The van der Waals surface area contributed by atoms with Crippen molar-refractivity contribution in [3.8, 4) is 11.4 Å². The van der Waals surface area contributed by atoms with E-state index < -0.39 is 18.0 Å². The van der Waals surface area contributed by atoms with E-state index in [4.69, 9.17) is 13.9 Å². The third-order valence-electron chi connectivity index (χ3n) is 6.28. The highest BCUT2D eigenvalue weighted by atomic mass is 16.5. The summed E-state index contributed by atoms with van der Waals surface area (Å²) in [7, 11) is 1.53. The molecule has 7 heteroatoms. The van der Waals surface area contributed by atoms with Gasteiger partial charge in [-0.05, 0) is 51.1 Å². The van der Waals surface area contributed by atoms with Crippen LogP contribution in [0.25, 0.3) is 27.6 Å². The molecule has 1 unspecified atom stereocenters. The summed E-state index contributed by atoms with van der Waals surface area (Å²) in [5.74, 6) is -0.561. The summed E-state index contributed by atoms with van der Waals surface area (Å²) in [4.78, 5) is 25.9. The van der Waals surface area contributed by atoms with Gasteiger partial charge in [0.25, 0.3) is 5.91 Å². The van der Waals surface area contributed by atoms with Crippen LogP contribution in [0.5, 0.6) is 5.75 Å². The minimum absolute atomic E-state index is 0.414. The highest BCUT2D eigenvalue weighted by Gasteiger charge is 2.24. The molecule has 5 aromatic rings. The van der Waals surface area contributed by atoms with Gasteiger partial charge in [-0.15, -0.1) is 0 Å². The molecule has 2 heterocycles. The Kier molecular flexibility index (Phi) is 5.98. The Labute approximate surface area is 208 Å². The Morgan fingerprint density at radius 1 is 0.917 bits per heavy atom. The number of rotatable bonds is 6. The molecule has 1 atom stereocenters. The summed E-state index contributed by atoms with van der Waals surface area (Å²) in [5, 5.41) is 4.65. The van der Waals surface area contributed by atoms with E-state index in [0.717, 1.165) is 33.4 Å². The molecule has 0 aliphatic carbocycles. The number of anilines is 1. The molecule has 0 saturated heterocycles. The quantitative estimate of drug-likeness (QED) is 0.292. The number of methoxy groups -OCH3 is 1. The fraction of sp³-hybridized carbons (Fsp3) is 0.172. The summed E-state index contributed by atoms with van der Waals surface area (Å²) in [6.45, 7) is 5.32. The van der Waals surface area contributed by atoms with Crippen molar-refractivity contribution >= 4 is 39.5 Å². The minimum atomic E-state index is -1.03. The number of hydrogen-bond acceptors (Lipinski definition) is 5. The van der Waals surface area contributed by atoms with E-state index in [2.05, 4.69) is 5.32 Å². The molecule has 0 saturated carbocycles. The van der Waals surface area contributed by atoms with Crippen LogP contribution in [0.4, 0.5) is 5.69 Å². The van der Waals surface area contributed by atoms with E-state index in [0.29, 0.717) is 22.6 Å². The fourth-order valence-corrected chi connectivity index (χ4v) is 4.47. The van der Waals surface area contributed by atoms with Gasteiger partial charge in [-0.3, -0.25) is 4.79 Å². The Balaban J connectivity index is 1.35. The summed E-state index contributed by atoms with van der Waals surface area (Å²) in [6.07, 6.45) is -1.03. The van der Waals surface area contributed by atoms with Crippen LogP contribution in [-0.4, -0.2) is 29.7 Å². The van der Waals surface area contributed by atoms with Crippen LogP contribution in [0, 0.1) is 13.8 Å². The van der Waals surface area contributed by atoms with Crippen LogP contribution >= 0.6 is 0 Å². The number of ether oxygens (including phenoxy) is 2. The normalized spacial score (nSPS) is 12.0. The van der Waals surface area contributed by atoms with Crippen LogP contribution in [0.15, 0.2) is 77.2 Å². The average Bonchev–Trinajstić information content (AvgIpc) is 3.39. The molecule has 1 amide bonds. The summed E-state index contributed by atoms with van der Waals surface area (Å²) >= 11 is 0. The van der Waals surface area contributed by atoms with Crippen LogP contribution in [0.1, 0.15) is 28.7 Å². The number of amides is 1. The van der Waals surface area contributed by atoms with Crippen molar-refractivity contribution in [2.45, 2.75) is 26.9 Å². The highest BCUT2D eigenvalue weighted by molar-refractivity contribution is 6.08. The van der Waals surface area contributed by atoms with E-state index in [1.54, 1.807) is 12.1 Å². The van der Waals surface area contributed by atoms with Crippen molar-refractivity contribution in [3.63, 3.8) is 0 Å². The number of nitrogens with one attached hydrogen (secondary N) is 1. The Bertz CT molecular complexity index is 1600. The van der Waals surface area contributed by atoms with E-state index in [1.165, 1.54) is 14.0 Å². The second-order valence-corrected chi connectivity index (χ2v) is 8.64. The number of aromatic nitrogens is 1. The number of benzene rings is 3. The molecule has 36 heavy (non-hydrogen) atoms. The minimum Gasteiger partial charge on any atom is -0.495 e. The lowest BCUT2D eigenvalue weighted by Gasteiger charge is -2.15. The third kappa shape index (κ3) is 4.09. The third-order valence-corrected chi connectivity index (χ3v) is 6.28. The van der Waals surface area contributed by atoms with Gasteiger partial charge in [-0.2, -0.15) is 0 Å². The number of carbonyl (C=O) groups is 2. The summed E-state index contributed by atoms with van der Waals surface area (Å²) < 4.78 is 19.0. The number of fused-ring (bicyclic) bond motifs is 3. The van der Waals surface area contributed by atoms with Crippen molar-refractivity contribution in [2.75, 3.05) is 12.4 Å². The lowest BCUT2D eigenvalue weighted by atomic mass is 10.1. The first kappa shape index (κ1) is 23.2. The number of aryl methyl sites for hydroxylation is 1. The van der Waals surface area contributed by atoms with Crippen LogP contribution < -0.4 is 10.1 Å². The van der Waals surface area contributed by atoms with Gasteiger partial charge >= 0.3 is 5.97 Å². The van der Waals surface area contributed by atoms with Crippen LogP contribution in [-0.2, 0) is 9.53 Å². The zero-order chi connectivity index (χ0) is 25.4. The molecule has 182 valence electrons. The van der Waals surface area contributed by atoms with Crippen molar-refractivity contribution in [3.05, 3.63) is 89.7 Å². The molecule has 0 fully saturated rings. The van der Waals surface area contributed by atoms with Crippen molar-refractivity contribution < 1.29 is 23.5 Å². The van der Waals surface area contributed by atoms with Gasteiger partial charge in [-0.25, -0.2) is 4.79 Å². The fourth-order valence-electron chi connectivity index (χ4n) is 4.47. The van der Waals surface area contributed by atoms with Crippen LogP contribution in [0.2, 0.25) is 0 Å². The number of hydrogen-bond donors (Lipinski definition) is 1. The number of furan rings is 1. The Morgan fingerprint density at radius 2 is 1.64 bits per heavy atom. The van der Waals surface area contributed by atoms with Gasteiger partial charge in [-0.1, -0.05) is 36.4 Å². The Morgan fingerprint density at radius 3 is 2.39 bits per heavy atom. The van der Waals surface area contributed by atoms with Crippen molar-refractivity contribution in [1.29, 1.82) is 0 Å². The lowest BCUT2D eigenvalue weighted by Crippen LogP contribution is -2.30. The second kappa shape index (κ2) is 9.26. The molecule has 5 rings (SSSR count). The monoisotopic (exact) mass is 482 g/mol. The smallest absolute Gasteiger partial charge is 0.340 e. The molecule has 0 spiro atoms. The summed E-state index contributed by atoms with van der Waals surface area (Å²) in [6, 6.07) is 22.8. The van der Waals surface area contributed by atoms with E-state index in [9.17, 15) is 9.59 Å². The van der Waals surface area contributed by atoms with Gasteiger partial charge in [0.15, 0.2) is 6.10 Å². The van der Waals surface area contributed by atoms with E-state index in [1.807, 2.05) is 79.1 Å². The van der Waals surface area contributed by atoms with Gasteiger partial charge < -0.3 is 23.8 Å². The van der Waals surface area contributed by atoms with Crippen molar-refractivity contribution in [1.82, 2.24) is 4.57 Å². The number of carbonyl (C=O) groups excluding carboxylic acids is 2. The maximum Gasteiger partial charge on any atom is 0.340 e. The van der Waals surface area contributed by atoms with E-state index in [-0.39, 0.29) is 0 Å². The first-order valence-electron chi connectivity index (χ1n) is 11.6. The molecule has 7 nitrogen and oxygen atoms in total. The maximum atomic E-state index is 13.0. The standard InChI is InChI=1S/C29H26N2O5/c1-17-14-22(18(2)31(17)20-10-6-5-7-11-20)29(33)35-19(3)28(32)30-24-16-26-23(15-27(24)34-4)21-12-8-9-13-25(21)36-26/h5-16,19H,1-4H3,(H,30,32). The molecule has 0 aliphatic heterocycles. The molecule has 2 aromatic heterocycles. The number of esters is 1. The number of para-hydroxylation sites is 2. The zero-order valence-corrected chi connectivity index (χ0v) is 20.5. The molecule has 3 aromatic carbocycles. The topological polar surface area (TPSA) is 82.7 Å². The molecular formula is C29H26N2O5. The number of nitrogens with zero attached hydrogens (tertiary/aromatic N) is 1. The lowest BCUT2D eigenvalue weighted by molar-refractivity contribution is -0.123. The van der Waals surface area contributed by atoms with Gasteiger partial charge in [0.05, 0.1) is 18.4 Å². The SMILES string of the molecule is COc1cc2c(cc1NC(=O)C(C)OC(=O)c1cc(C)n(-c3ccccc3)c1C)oc1ccccc12. The molecule has 0 aliphatic rings. The van der Waals surface area contributed by atoms with Gasteiger partial charge in [0.2, 0.25) is 0 Å². The van der Waals surface area contributed by atoms with E-state index >= 15 is 0 Å². The van der Waals surface area contributed by atoms with Gasteiger partial charge in [0, 0.05) is 33.9 Å². The largest absolute Gasteiger partial charge is 0.495 e.